The van der Waals surface area contributed by atoms with Gasteiger partial charge < -0.3 is 10.0 Å². The molecule has 1 saturated heterocycles. The molecule has 1 amide bonds. The summed E-state index contributed by atoms with van der Waals surface area (Å²) in [7, 11) is 0. The third-order valence-electron chi connectivity index (χ3n) is 4.84. The lowest BCUT2D eigenvalue weighted by Gasteiger charge is -2.38. The molecule has 2 aliphatic rings. The molecule has 2 unspecified atom stereocenters. The lowest BCUT2D eigenvalue weighted by molar-refractivity contribution is -0.135. The van der Waals surface area contributed by atoms with Crippen molar-refractivity contribution in [2.24, 2.45) is 5.92 Å². The molecule has 112 valence electrons. The number of amides is 1. The van der Waals surface area contributed by atoms with E-state index in [-0.39, 0.29) is 11.5 Å². The minimum absolute atomic E-state index is 0.147. The maximum absolute atomic E-state index is 12.6. The molecule has 4 nitrogen and oxygen atoms in total. The van der Waals surface area contributed by atoms with Crippen LogP contribution >= 0.6 is 0 Å². The summed E-state index contributed by atoms with van der Waals surface area (Å²) in [4.78, 5) is 25.6. The predicted molar refractivity (Wildman–Crippen MR) is 79.2 cm³/mol. The zero-order chi connectivity index (χ0) is 14.8. The van der Waals surface area contributed by atoms with Crippen LogP contribution in [0.3, 0.4) is 0 Å². The second kappa shape index (κ2) is 5.88. The number of hydrogen-bond acceptors (Lipinski definition) is 2. The van der Waals surface area contributed by atoms with E-state index < -0.39 is 5.97 Å². The zero-order valence-corrected chi connectivity index (χ0v) is 12.1. The number of piperidine rings is 1. The molecular weight excluding hydrogens is 266 g/mol. The predicted octanol–water partition coefficient (Wildman–Crippen LogP) is 2.72. The molecule has 0 bridgehead atoms. The van der Waals surface area contributed by atoms with Gasteiger partial charge in [0.15, 0.2) is 0 Å². The van der Waals surface area contributed by atoms with E-state index in [9.17, 15) is 9.59 Å². The van der Waals surface area contributed by atoms with Crippen molar-refractivity contribution in [3.8, 4) is 0 Å². The van der Waals surface area contributed by atoms with Crippen LogP contribution in [0.5, 0.6) is 0 Å². The van der Waals surface area contributed by atoms with Gasteiger partial charge in [0.25, 0.3) is 0 Å². The molecule has 0 spiro atoms. The average Bonchev–Trinajstić information content (AvgIpc) is 2.95. The molecule has 2 atom stereocenters. The van der Waals surface area contributed by atoms with Gasteiger partial charge in [-0.05, 0) is 49.3 Å². The molecule has 2 fully saturated rings. The summed E-state index contributed by atoms with van der Waals surface area (Å²) in [6.45, 7) is 0.860. The molecule has 1 aliphatic heterocycles. The van der Waals surface area contributed by atoms with E-state index in [1.807, 2.05) is 6.07 Å². The number of aromatic carboxylic acids is 1. The number of carboxylic acids is 1. The highest BCUT2D eigenvalue weighted by atomic mass is 16.4. The molecule has 1 aliphatic carbocycles. The summed E-state index contributed by atoms with van der Waals surface area (Å²) in [6.07, 6.45) is 6.28. The van der Waals surface area contributed by atoms with Gasteiger partial charge in [0.2, 0.25) is 5.91 Å². The Morgan fingerprint density at radius 2 is 2.00 bits per heavy atom. The van der Waals surface area contributed by atoms with E-state index in [0.717, 1.165) is 24.9 Å². The van der Waals surface area contributed by atoms with E-state index in [2.05, 4.69) is 4.90 Å². The normalized spacial score (nSPS) is 24.7. The Morgan fingerprint density at radius 3 is 2.81 bits per heavy atom. The van der Waals surface area contributed by atoms with Crippen LogP contribution in [0.2, 0.25) is 0 Å². The number of benzene rings is 1. The van der Waals surface area contributed by atoms with Crippen molar-refractivity contribution in [3.05, 3.63) is 35.4 Å². The molecule has 1 saturated carbocycles. The first kappa shape index (κ1) is 14.1. The van der Waals surface area contributed by atoms with Crippen molar-refractivity contribution in [1.82, 2.24) is 4.90 Å². The summed E-state index contributed by atoms with van der Waals surface area (Å²) < 4.78 is 0. The fraction of sp³-hybridized carbons (Fsp3) is 0.529. The van der Waals surface area contributed by atoms with Crippen LogP contribution in [0.25, 0.3) is 0 Å². The van der Waals surface area contributed by atoms with Crippen molar-refractivity contribution in [1.29, 1.82) is 0 Å². The van der Waals surface area contributed by atoms with Gasteiger partial charge >= 0.3 is 5.97 Å². The highest BCUT2D eigenvalue weighted by Crippen LogP contribution is 2.36. The molecule has 3 rings (SSSR count). The quantitative estimate of drug-likeness (QED) is 0.930. The molecule has 1 aromatic carbocycles. The van der Waals surface area contributed by atoms with Gasteiger partial charge in [-0.1, -0.05) is 18.6 Å². The maximum atomic E-state index is 12.6. The van der Waals surface area contributed by atoms with Gasteiger partial charge in [-0.15, -0.1) is 0 Å². The Bertz CT molecular complexity index is 555. The van der Waals surface area contributed by atoms with Crippen molar-refractivity contribution in [2.45, 2.75) is 44.6 Å². The topological polar surface area (TPSA) is 57.6 Å². The van der Waals surface area contributed by atoms with Crippen molar-refractivity contribution in [2.75, 3.05) is 6.54 Å². The molecule has 4 heteroatoms. The van der Waals surface area contributed by atoms with Gasteiger partial charge in [0.1, 0.15) is 0 Å². The highest BCUT2D eigenvalue weighted by Gasteiger charge is 2.36. The van der Waals surface area contributed by atoms with Crippen LogP contribution in [0, 0.1) is 5.92 Å². The van der Waals surface area contributed by atoms with E-state index in [1.54, 1.807) is 18.2 Å². The van der Waals surface area contributed by atoms with Crippen LogP contribution in [-0.2, 0) is 11.2 Å². The van der Waals surface area contributed by atoms with Crippen LogP contribution in [0.15, 0.2) is 24.3 Å². The Kier molecular flexibility index (Phi) is 3.95. The smallest absolute Gasteiger partial charge is 0.335 e. The third kappa shape index (κ3) is 2.94. The van der Waals surface area contributed by atoms with Crippen molar-refractivity contribution >= 4 is 11.9 Å². The first-order chi connectivity index (χ1) is 10.1. The van der Waals surface area contributed by atoms with Gasteiger partial charge in [0, 0.05) is 12.6 Å². The number of rotatable bonds is 3. The number of carbonyl (C=O) groups excluding carboxylic acids is 1. The van der Waals surface area contributed by atoms with Gasteiger partial charge in [-0.25, -0.2) is 4.79 Å². The lowest BCUT2D eigenvalue weighted by atomic mass is 9.91. The number of hydrogen-bond donors (Lipinski definition) is 1. The molecular formula is C17H21NO3. The lowest BCUT2D eigenvalue weighted by Crippen LogP contribution is -2.46. The second-order valence-electron chi connectivity index (χ2n) is 6.17. The highest BCUT2D eigenvalue weighted by molar-refractivity contribution is 5.88. The largest absolute Gasteiger partial charge is 0.478 e. The van der Waals surface area contributed by atoms with Gasteiger partial charge in [-0.2, -0.15) is 0 Å². The van der Waals surface area contributed by atoms with Gasteiger partial charge in [-0.3, -0.25) is 4.79 Å². The maximum Gasteiger partial charge on any atom is 0.335 e. The summed E-state index contributed by atoms with van der Waals surface area (Å²) in [5.41, 5.74) is 1.04. The fourth-order valence-electron chi connectivity index (χ4n) is 3.85. The summed E-state index contributed by atoms with van der Waals surface area (Å²) in [5, 5.41) is 9.02. The molecule has 1 N–H and O–H groups in total. The summed E-state index contributed by atoms with van der Waals surface area (Å²) >= 11 is 0. The zero-order valence-electron chi connectivity index (χ0n) is 12.1. The molecule has 1 heterocycles. The van der Waals surface area contributed by atoms with E-state index in [4.69, 9.17) is 5.11 Å². The minimum atomic E-state index is -0.946. The van der Waals surface area contributed by atoms with Crippen molar-refractivity contribution < 1.29 is 14.7 Å². The van der Waals surface area contributed by atoms with Crippen LogP contribution in [-0.4, -0.2) is 34.5 Å². The molecule has 1 aromatic rings. The average molecular weight is 287 g/mol. The third-order valence-corrected chi connectivity index (χ3v) is 4.84. The number of carbonyl (C=O) groups is 2. The summed E-state index contributed by atoms with van der Waals surface area (Å²) in [6, 6.07) is 7.13. The van der Waals surface area contributed by atoms with E-state index in [1.165, 1.54) is 19.3 Å². The van der Waals surface area contributed by atoms with Crippen molar-refractivity contribution in [3.63, 3.8) is 0 Å². The monoisotopic (exact) mass is 287 g/mol. The number of fused-ring (bicyclic) bond motifs is 1. The second-order valence-corrected chi connectivity index (χ2v) is 6.17. The number of carboxylic acid groups (broad SMARTS) is 1. The number of likely N-dealkylation sites (tertiary alicyclic amines) is 1. The fourth-order valence-corrected chi connectivity index (χ4v) is 3.85. The van der Waals surface area contributed by atoms with Crippen LogP contribution in [0.1, 0.15) is 48.0 Å². The standard InChI is InChI=1S/C17H21NO3/c19-16(11-12-4-1-6-14(10-12)17(20)21)18-9-3-7-13-5-2-8-15(13)18/h1,4,6,10,13,15H,2-3,5,7-9,11H2,(H,20,21). The van der Waals surface area contributed by atoms with Crippen LogP contribution < -0.4 is 0 Å². The Morgan fingerprint density at radius 1 is 1.19 bits per heavy atom. The first-order valence-electron chi connectivity index (χ1n) is 7.77. The molecule has 0 radical (unpaired) electrons. The van der Waals surface area contributed by atoms with E-state index in [0.29, 0.717) is 18.4 Å². The number of nitrogens with zero attached hydrogens (tertiary/aromatic N) is 1. The Balaban J connectivity index is 1.71. The Labute approximate surface area is 124 Å². The van der Waals surface area contributed by atoms with Crippen LogP contribution in [0.4, 0.5) is 0 Å². The van der Waals surface area contributed by atoms with E-state index >= 15 is 0 Å². The SMILES string of the molecule is O=C(O)c1cccc(CC(=O)N2CCCC3CCCC32)c1. The minimum Gasteiger partial charge on any atom is -0.478 e. The van der Waals surface area contributed by atoms with Gasteiger partial charge in [0.05, 0.1) is 12.0 Å². The summed E-state index contributed by atoms with van der Waals surface area (Å²) in [5.74, 6) is -0.111. The molecule has 0 aromatic heterocycles. The first-order valence-corrected chi connectivity index (χ1v) is 7.77. The molecule has 21 heavy (non-hydrogen) atoms. The Hall–Kier alpha value is -1.84.